The molecular weight excluding hydrogens is 382 g/mol. The predicted octanol–water partition coefficient (Wildman–Crippen LogP) is 4.17. The summed E-state index contributed by atoms with van der Waals surface area (Å²) in [5.41, 5.74) is 2.49. The van der Waals surface area contributed by atoms with Gasteiger partial charge in [0.05, 0.1) is 31.0 Å². The minimum Gasteiger partial charge on any atom is -0.491 e. The van der Waals surface area contributed by atoms with Gasteiger partial charge in [-0.2, -0.15) is 0 Å². The van der Waals surface area contributed by atoms with Crippen LogP contribution in [0.2, 0.25) is 0 Å². The zero-order valence-corrected chi connectivity index (χ0v) is 16.6. The molecule has 1 aliphatic rings. The van der Waals surface area contributed by atoms with Crippen molar-refractivity contribution in [2.24, 2.45) is 5.92 Å². The van der Waals surface area contributed by atoms with Crippen LogP contribution in [-0.4, -0.2) is 34.8 Å². The molecule has 0 saturated heterocycles. The number of rotatable bonds is 9. The Kier molecular flexibility index (Phi) is 5.79. The molecule has 154 valence electrons. The Morgan fingerprint density at radius 1 is 1.23 bits per heavy atom. The largest absolute Gasteiger partial charge is 0.491 e. The highest BCUT2D eigenvalue weighted by atomic mass is 16.5. The molecule has 0 amide bonds. The third kappa shape index (κ3) is 4.68. The van der Waals surface area contributed by atoms with Gasteiger partial charge in [0.15, 0.2) is 5.75 Å². The summed E-state index contributed by atoms with van der Waals surface area (Å²) in [5, 5.41) is 12.7. The van der Waals surface area contributed by atoms with E-state index in [0.29, 0.717) is 29.8 Å². The van der Waals surface area contributed by atoms with Gasteiger partial charge in [-0.1, -0.05) is 12.1 Å². The van der Waals surface area contributed by atoms with Crippen molar-refractivity contribution in [2.75, 3.05) is 19.0 Å². The van der Waals surface area contributed by atoms with Gasteiger partial charge in [-0.3, -0.25) is 4.98 Å². The minimum atomic E-state index is -0.977. The molecule has 2 aromatic heterocycles. The number of hydrogen-bond donors (Lipinski definition) is 2. The van der Waals surface area contributed by atoms with Crippen molar-refractivity contribution in [3.05, 3.63) is 77.7 Å². The second-order valence-electron chi connectivity index (χ2n) is 7.25. The molecule has 1 aliphatic carbocycles. The maximum Gasteiger partial charge on any atom is 0.335 e. The summed E-state index contributed by atoms with van der Waals surface area (Å²) in [7, 11) is 1.59. The molecule has 1 aromatic carbocycles. The number of benzene rings is 1. The maximum atomic E-state index is 11.3. The Morgan fingerprint density at radius 2 is 2.10 bits per heavy atom. The van der Waals surface area contributed by atoms with Crippen molar-refractivity contribution in [3.8, 4) is 11.6 Å². The minimum absolute atomic E-state index is 0.209. The fourth-order valence-electron chi connectivity index (χ4n) is 3.13. The van der Waals surface area contributed by atoms with E-state index in [-0.39, 0.29) is 11.6 Å². The number of anilines is 1. The standard InChI is InChI=1S/C23H23N3O4/c1-29-20-10-9-19(26-22(20)30-14-15-7-8-15)21(17-5-3-11-24-13-17)25-18-6-2-4-16(12-18)23(27)28/h2-6,9-13,15,21,25H,7-8,14H2,1H3,(H,27,28). The van der Waals surface area contributed by atoms with Crippen molar-refractivity contribution in [2.45, 2.75) is 18.9 Å². The van der Waals surface area contributed by atoms with Gasteiger partial charge in [0.25, 0.3) is 5.88 Å². The summed E-state index contributed by atoms with van der Waals surface area (Å²) >= 11 is 0. The van der Waals surface area contributed by atoms with Crippen LogP contribution >= 0.6 is 0 Å². The highest BCUT2D eigenvalue weighted by Crippen LogP contribution is 2.34. The molecule has 3 aromatic rings. The van der Waals surface area contributed by atoms with E-state index in [4.69, 9.17) is 14.5 Å². The Balaban J connectivity index is 1.68. The molecule has 2 N–H and O–H groups in total. The highest BCUT2D eigenvalue weighted by Gasteiger charge is 2.24. The normalized spacial score (nSPS) is 14.0. The average molecular weight is 405 g/mol. The fourth-order valence-corrected chi connectivity index (χ4v) is 3.13. The number of nitrogens with one attached hydrogen (secondary N) is 1. The third-order valence-electron chi connectivity index (χ3n) is 4.95. The van der Waals surface area contributed by atoms with E-state index < -0.39 is 5.97 Å². The molecule has 4 rings (SSSR count). The molecule has 0 bridgehead atoms. The molecule has 0 aliphatic heterocycles. The van der Waals surface area contributed by atoms with Crippen LogP contribution in [0.3, 0.4) is 0 Å². The summed E-state index contributed by atoms with van der Waals surface area (Å²) in [5.74, 6) is 0.648. The number of methoxy groups -OCH3 is 1. The molecular formula is C23H23N3O4. The Hall–Kier alpha value is -3.61. The number of carboxylic acid groups (broad SMARTS) is 1. The van der Waals surface area contributed by atoms with Gasteiger partial charge in [0.2, 0.25) is 0 Å². The lowest BCUT2D eigenvalue weighted by Crippen LogP contribution is -2.15. The monoisotopic (exact) mass is 405 g/mol. The van der Waals surface area contributed by atoms with Crippen LogP contribution in [0.1, 0.15) is 40.5 Å². The Bertz CT molecular complexity index is 1020. The van der Waals surface area contributed by atoms with E-state index in [9.17, 15) is 9.90 Å². The van der Waals surface area contributed by atoms with E-state index in [0.717, 1.165) is 11.3 Å². The number of aromatic nitrogens is 2. The summed E-state index contributed by atoms with van der Waals surface area (Å²) in [6.07, 6.45) is 5.83. The molecule has 2 heterocycles. The number of ether oxygens (including phenoxy) is 2. The summed E-state index contributed by atoms with van der Waals surface area (Å²) in [6.45, 7) is 0.623. The number of aromatic carboxylic acids is 1. The molecule has 30 heavy (non-hydrogen) atoms. The van der Waals surface area contributed by atoms with Crippen LogP contribution in [0.25, 0.3) is 0 Å². The zero-order valence-electron chi connectivity index (χ0n) is 16.6. The number of nitrogens with zero attached hydrogens (tertiary/aromatic N) is 2. The predicted molar refractivity (Wildman–Crippen MR) is 112 cm³/mol. The Morgan fingerprint density at radius 3 is 2.80 bits per heavy atom. The van der Waals surface area contributed by atoms with Gasteiger partial charge < -0.3 is 19.9 Å². The van der Waals surface area contributed by atoms with Crippen LogP contribution in [0.4, 0.5) is 5.69 Å². The number of carboxylic acids is 1. The van der Waals surface area contributed by atoms with Gasteiger partial charge in [0, 0.05) is 18.1 Å². The van der Waals surface area contributed by atoms with Crippen molar-refractivity contribution >= 4 is 11.7 Å². The maximum absolute atomic E-state index is 11.3. The second-order valence-corrected chi connectivity index (χ2v) is 7.25. The highest BCUT2D eigenvalue weighted by molar-refractivity contribution is 5.88. The van der Waals surface area contributed by atoms with E-state index in [1.165, 1.54) is 12.8 Å². The number of hydrogen-bond acceptors (Lipinski definition) is 6. The molecule has 1 unspecified atom stereocenters. The van der Waals surface area contributed by atoms with Crippen molar-refractivity contribution < 1.29 is 19.4 Å². The van der Waals surface area contributed by atoms with Gasteiger partial charge in [-0.05, 0) is 60.7 Å². The first-order valence-electron chi connectivity index (χ1n) is 9.81. The smallest absolute Gasteiger partial charge is 0.335 e. The van der Waals surface area contributed by atoms with Crippen molar-refractivity contribution in [1.29, 1.82) is 0 Å². The lowest BCUT2D eigenvalue weighted by Gasteiger charge is -2.21. The van der Waals surface area contributed by atoms with Gasteiger partial charge >= 0.3 is 5.97 Å². The van der Waals surface area contributed by atoms with Crippen LogP contribution in [-0.2, 0) is 0 Å². The second kappa shape index (κ2) is 8.82. The first-order valence-corrected chi connectivity index (χ1v) is 9.81. The summed E-state index contributed by atoms with van der Waals surface area (Å²) in [6, 6.07) is 13.8. The van der Waals surface area contributed by atoms with E-state index in [1.807, 2.05) is 30.3 Å². The van der Waals surface area contributed by atoms with Crippen molar-refractivity contribution in [1.82, 2.24) is 9.97 Å². The van der Waals surface area contributed by atoms with Gasteiger partial charge in [-0.15, -0.1) is 0 Å². The molecule has 1 atom stereocenters. The van der Waals surface area contributed by atoms with E-state index in [1.54, 1.807) is 37.7 Å². The molecule has 7 nitrogen and oxygen atoms in total. The van der Waals surface area contributed by atoms with Crippen LogP contribution in [0.15, 0.2) is 60.9 Å². The quantitative estimate of drug-likeness (QED) is 0.552. The summed E-state index contributed by atoms with van der Waals surface area (Å²) in [4.78, 5) is 20.3. The zero-order chi connectivity index (χ0) is 20.9. The summed E-state index contributed by atoms with van der Waals surface area (Å²) < 4.78 is 11.3. The van der Waals surface area contributed by atoms with E-state index in [2.05, 4.69) is 10.3 Å². The molecule has 7 heteroatoms. The van der Waals surface area contributed by atoms with Crippen LogP contribution in [0, 0.1) is 5.92 Å². The van der Waals surface area contributed by atoms with E-state index >= 15 is 0 Å². The topological polar surface area (TPSA) is 93.6 Å². The average Bonchev–Trinajstić information content (AvgIpc) is 3.61. The Labute approximate surface area is 174 Å². The lowest BCUT2D eigenvalue weighted by atomic mass is 10.0. The third-order valence-corrected chi connectivity index (χ3v) is 4.95. The van der Waals surface area contributed by atoms with Gasteiger partial charge in [-0.25, -0.2) is 9.78 Å². The number of pyridine rings is 2. The fraction of sp³-hybridized carbons (Fsp3) is 0.261. The van der Waals surface area contributed by atoms with Crippen LogP contribution < -0.4 is 14.8 Å². The lowest BCUT2D eigenvalue weighted by molar-refractivity contribution is 0.0697. The van der Waals surface area contributed by atoms with Gasteiger partial charge in [0.1, 0.15) is 0 Å². The number of carbonyl (C=O) groups is 1. The molecule has 1 saturated carbocycles. The first-order chi connectivity index (χ1) is 14.6. The first kappa shape index (κ1) is 19.7. The molecule has 0 spiro atoms. The van der Waals surface area contributed by atoms with Crippen molar-refractivity contribution in [3.63, 3.8) is 0 Å². The molecule has 0 radical (unpaired) electrons. The molecule has 1 fully saturated rings. The SMILES string of the molecule is COc1ccc(C(Nc2cccc(C(=O)O)c2)c2cccnc2)nc1OCC1CC1. The van der Waals surface area contributed by atoms with Crippen LogP contribution in [0.5, 0.6) is 11.6 Å².